The number of nitrogens with one attached hydrogen (secondary N) is 4. The largest absolute Gasteiger partial charge is 0.445 e. The normalized spacial score (nSPS) is 17.3. The predicted molar refractivity (Wildman–Crippen MR) is 326 cm³/mol. The lowest BCUT2D eigenvalue weighted by molar-refractivity contribution is -0.149. The molecule has 0 aromatic heterocycles. The Morgan fingerprint density at radius 2 is 1.41 bits per heavy atom. The lowest BCUT2D eigenvalue weighted by Gasteiger charge is -2.41. The van der Waals surface area contributed by atoms with Crippen LogP contribution in [0.2, 0.25) is 0 Å². The third kappa shape index (κ3) is 21.8. The molecule has 7 N–H and O–H groups in total. The van der Waals surface area contributed by atoms with Crippen molar-refractivity contribution in [2.45, 2.75) is 195 Å². The number of carbonyl (C=O) groups is 9. The highest BCUT2D eigenvalue weighted by molar-refractivity contribution is 5.97. The van der Waals surface area contributed by atoms with Crippen molar-refractivity contribution in [3.05, 3.63) is 65.7 Å². The van der Waals surface area contributed by atoms with Crippen molar-refractivity contribution < 1.29 is 62.5 Å². The van der Waals surface area contributed by atoms with Crippen molar-refractivity contribution >= 4 is 58.9 Å². The molecule has 0 radical (unpaired) electrons. The third-order valence-corrected chi connectivity index (χ3v) is 16.7. The summed E-state index contributed by atoms with van der Waals surface area (Å²) in [6.45, 7) is 20.9. The number of likely N-dealkylation sites (tertiary alicyclic amines) is 1. The van der Waals surface area contributed by atoms with Crippen LogP contribution in [0.1, 0.15) is 158 Å². The number of ketones is 2. The predicted octanol–water partition coefficient (Wildman–Crippen LogP) is 7.57. The van der Waals surface area contributed by atoms with Gasteiger partial charge in [-0.3, -0.25) is 33.6 Å². The number of likely N-dealkylation sites (N-methyl/N-ethyl adjacent to an activating group) is 2. The Labute approximate surface area is 505 Å². The Kier molecular flexibility index (Phi) is 30.7. The number of urea groups is 1. The van der Waals surface area contributed by atoms with Crippen molar-refractivity contribution in [3.63, 3.8) is 0 Å². The number of aliphatic hydroxyl groups excluding tert-OH is 1. The van der Waals surface area contributed by atoms with Gasteiger partial charge in [0.1, 0.15) is 6.61 Å². The van der Waals surface area contributed by atoms with Gasteiger partial charge in [-0.1, -0.05) is 118 Å². The molecule has 2 aromatic carbocycles. The highest BCUT2D eigenvalue weighted by Crippen LogP contribution is 2.32. The minimum absolute atomic E-state index is 0.0585. The zero-order chi connectivity index (χ0) is 63.8. The fraction of sp³-hybridized carbons (Fsp3) is 0.672. The first kappa shape index (κ1) is 72.8. The molecule has 476 valence electrons. The van der Waals surface area contributed by atoms with Crippen molar-refractivity contribution in [1.29, 1.82) is 0 Å². The van der Waals surface area contributed by atoms with Gasteiger partial charge >= 0.3 is 12.1 Å². The SMILES string of the molecule is CCCC(=O)N[C@H](C(=O)C[C@@H](CCCNC(N)=O)C(=O)Nc1ccc(COC(=O)N(C)[C@H](C(=O)C[C@H](C(=O)N(C)[C@@H](C(C)CC)[C@@H](CC(=O)N2CCC[C@H]2[C@H](OC)[C@@H](C)C(=O)N[C@H](C)C(O)c2ccccc2)OC)C(C)C)C(C)C)cc1)C(C)C. The number of Topliss-reactive ketones (excluding diaryl/α,β-unsaturated/α-hetero) is 2. The van der Waals surface area contributed by atoms with E-state index in [-0.39, 0.29) is 104 Å². The number of carbonyl (C=O) groups excluding carboxylic acids is 9. The molecule has 1 aliphatic rings. The molecule has 0 aliphatic carbocycles. The number of hydrogen-bond donors (Lipinski definition) is 6. The third-order valence-electron chi connectivity index (χ3n) is 16.7. The Morgan fingerprint density at radius 3 is 1.96 bits per heavy atom. The Bertz CT molecular complexity index is 2480. The van der Waals surface area contributed by atoms with E-state index < -0.39 is 84.3 Å². The first-order valence-electron chi connectivity index (χ1n) is 30.5. The van der Waals surface area contributed by atoms with Gasteiger partial charge in [0.25, 0.3) is 0 Å². The van der Waals surface area contributed by atoms with Gasteiger partial charge in [0.2, 0.25) is 29.5 Å². The van der Waals surface area contributed by atoms with Crippen LogP contribution in [-0.4, -0.2) is 157 Å². The molecule has 3 rings (SSSR count). The highest BCUT2D eigenvalue weighted by Gasteiger charge is 2.44. The van der Waals surface area contributed by atoms with E-state index in [0.29, 0.717) is 55.5 Å². The molecule has 21 nitrogen and oxygen atoms in total. The van der Waals surface area contributed by atoms with Crippen LogP contribution in [0.25, 0.3) is 0 Å². The molecule has 8 amide bonds. The van der Waals surface area contributed by atoms with E-state index in [0.717, 1.165) is 0 Å². The standard InChI is InChI=1S/C64H102N8O13/c1-16-23-53(75)69-55(39(5)6)50(73)34-46(26-21-32-66-63(65)81)61(79)68-47-30-28-44(29-31-47)37-85-64(82)71(13)56(40(7)8)51(74)35-48(38(3)4)62(80)70(12)57(41(9)17-2)52(83-14)36-54(76)72-33-22-27-49(72)59(84-15)42(10)60(78)67-43(11)58(77)45-24-19-18-20-25-45/h18-20,24-25,28-31,38-43,46,48-49,52,55-59,77H,16-17,21-23,26-27,32-37H2,1-15H3,(H,67,78)(H,68,79)(H,69,75)(H3,65,66,81)/t41?,42-,43-,46-,48+,49+,52-,55+,56+,57+,58?,59-/m1/s1. The van der Waals surface area contributed by atoms with Gasteiger partial charge in [0.05, 0.1) is 60.9 Å². The number of ether oxygens (including phenoxy) is 3. The van der Waals surface area contributed by atoms with Crippen molar-refractivity contribution in [2.75, 3.05) is 46.7 Å². The van der Waals surface area contributed by atoms with Crippen LogP contribution in [0.15, 0.2) is 54.6 Å². The lowest BCUT2D eigenvalue weighted by Crippen LogP contribution is -2.55. The maximum Gasteiger partial charge on any atom is 0.410 e. The fourth-order valence-corrected chi connectivity index (χ4v) is 11.6. The maximum atomic E-state index is 14.8. The molecule has 12 atom stereocenters. The summed E-state index contributed by atoms with van der Waals surface area (Å²) in [5, 5.41) is 22.1. The van der Waals surface area contributed by atoms with E-state index in [2.05, 4.69) is 21.3 Å². The Morgan fingerprint density at radius 1 is 0.765 bits per heavy atom. The second kappa shape index (κ2) is 35.9. The number of amides is 8. The topological polar surface area (TPSA) is 285 Å². The average Bonchev–Trinajstić information content (AvgIpc) is 4.23. The van der Waals surface area contributed by atoms with Crippen molar-refractivity contribution in [1.82, 2.24) is 30.7 Å². The number of rotatable bonds is 36. The molecule has 2 aromatic rings. The van der Waals surface area contributed by atoms with E-state index in [1.807, 2.05) is 80.5 Å². The van der Waals surface area contributed by atoms with E-state index in [4.69, 9.17) is 19.9 Å². The van der Waals surface area contributed by atoms with Crippen molar-refractivity contribution in [3.8, 4) is 0 Å². The summed E-state index contributed by atoms with van der Waals surface area (Å²) in [7, 11) is 6.22. The van der Waals surface area contributed by atoms with Gasteiger partial charge in [-0.2, -0.15) is 0 Å². The average molecular weight is 1190 g/mol. The number of primary amides is 1. The molecule has 1 fully saturated rings. The van der Waals surface area contributed by atoms with Gasteiger partial charge in [-0.25, -0.2) is 9.59 Å². The van der Waals surface area contributed by atoms with E-state index >= 15 is 0 Å². The van der Waals surface area contributed by atoms with Crippen LogP contribution in [0.4, 0.5) is 15.3 Å². The summed E-state index contributed by atoms with van der Waals surface area (Å²) in [5.41, 5.74) is 6.90. The molecule has 0 bridgehead atoms. The fourth-order valence-electron chi connectivity index (χ4n) is 11.6. The van der Waals surface area contributed by atoms with Gasteiger partial charge < -0.3 is 61.0 Å². The second-order valence-corrected chi connectivity index (χ2v) is 24.1. The van der Waals surface area contributed by atoms with E-state index in [1.54, 1.807) is 67.1 Å². The first-order valence-corrected chi connectivity index (χ1v) is 30.5. The minimum atomic E-state index is -0.948. The number of nitrogens with two attached hydrogens (primary N) is 1. The molecule has 1 saturated heterocycles. The number of hydrogen-bond acceptors (Lipinski definition) is 13. The Hall–Kier alpha value is -6.45. The number of benzene rings is 2. The van der Waals surface area contributed by atoms with Crippen LogP contribution >= 0.6 is 0 Å². The molecule has 21 heteroatoms. The van der Waals surface area contributed by atoms with Crippen LogP contribution < -0.4 is 27.0 Å². The molecule has 85 heavy (non-hydrogen) atoms. The summed E-state index contributed by atoms with van der Waals surface area (Å²) in [5.74, 6) is -5.34. The molecule has 1 aliphatic heterocycles. The van der Waals surface area contributed by atoms with Gasteiger partial charge in [0, 0.05) is 78.2 Å². The van der Waals surface area contributed by atoms with Crippen LogP contribution in [0.3, 0.4) is 0 Å². The van der Waals surface area contributed by atoms with Gasteiger partial charge in [0.15, 0.2) is 11.6 Å². The molecule has 0 spiro atoms. The summed E-state index contributed by atoms with van der Waals surface area (Å²) < 4.78 is 17.8. The van der Waals surface area contributed by atoms with Gasteiger partial charge in [-0.05, 0) is 86.0 Å². The first-order chi connectivity index (χ1) is 40.1. The monoisotopic (exact) mass is 1190 g/mol. The molecule has 0 saturated carbocycles. The minimum Gasteiger partial charge on any atom is -0.445 e. The van der Waals surface area contributed by atoms with Gasteiger partial charge in [-0.15, -0.1) is 0 Å². The molecular weight excluding hydrogens is 1090 g/mol. The van der Waals surface area contributed by atoms with Crippen molar-refractivity contribution in [2.24, 2.45) is 47.2 Å². The second-order valence-electron chi connectivity index (χ2n) is 24.1. The highest BCUT2D eigenvalue weighted by atomic mass is 16.6. The maximum absolute atomic E-state index is 14.8. The van der Waals surface area contributed by atoms with Crippen LogP contribution in [-0.2, 0) is 54.4 Å². The molecular formula is C64H102N8O13. The zero-order valence-electron chi connectivity index (χ0n) is 53.3. The Balaban J connectivity index is 1.71. The summed E-state index contributed by atoms with van der Waals surface area (Å²) in [4.78, 5) is 127. The summed E-state index contributed by atoms with van der Waals surface area (Å²) >= 11 is 0. The number of methoxy groups -OCH3 is 2. The van der Waals surface area contributed by atoms with E-state index in [1.165, 1.54) is 26.2 Å². The zero-order valence-corrected chi connectivity index (χ0v) is 53.3. The molecule has 1 heterocycles. The number of nitrogens with zero attached hydrogens (tertiary/aromatic N) is 3. The number of aliphatic hydroxyl groups is 1. The molecule has 2 unspecified atom stereocenters. The summed E-state index contributed by atoms with van der Waals surface area (Å²) in [6.07, 6.45) is 0.0235. The van der Waals surface area contributed by atoms with E-state index in [9.17, 15) is 48.3 Å². The van der Waals surface area contributed by atoms with Crippen LogP contribution in [0, 0.1) is 41.4 Å². The number of anilines is 1. The smallest absolute Gasteiger partial charge is 0.410 e. The quantitative estimate of drug-likeness (QED) is 0.0360. The van der Waals surface area contributed by atoms with Crippen LogP contribution in [0.5, 0.6) is 0 Å². The lowest BCUT2D eigenvalue weighted by atomic mass is 9.83. The summed E-state index contributed by atoms with van der Waals surface area (Å²) in [6, 6.07) is 11.7.